The minimum atomic E-state index is -3.23. The fourth-order valence-corrected chi connectivity index (χ4v) is 3.31. The molecule has 18 heavy (non-hydrogen) atoms. The summed E-state index contributed by atoms with van der Waals surface area (Å²) in [4.78, 5) is 11.1. The summed E-state index contributed by atoms with van der Waals surface area (Å²) in [7, 11) is -3.23. The van der Waals surface area contributed by atoms with Gasteiger partial charge in [0.2, 0.25) is 15.9 Å². The van der Waals surface area contributed by atoms with Gasteiger partial charge in [-0.25, -0.2) is 8.42 Å². The Morgan fingerprint density at radius 2 is 2.11 bits per heavy atom. The second-order valence-electron chi connectivity index (χ2n) is 4.78. The first-order valence-electron chi connectivity index (χ1n) is 6.40. The molecule has 0 aromatic carbocycles. The Morgan fingerprint density at radius 3 is 2.78 bits per heavy atom. The highest BCUT2D eigenvalue weighted by atomic mass is 32.2. The zero-order valence-electron chi connectivity index (χ0n) is 11.1. The molecule has 0 bridgehead atoms. The largest absolute Gasteiger partial charge is 0.355 e. The molecule has 1 fully saturated rings. The number of hydrogen-bond acceptors (Lipinski definition) is 4. The van der Waals surface area contributed by atoms with Crippen LogP contribution in [0.25, 0.3) is 0 Å². The van der Waals surface area contributed by atoms with Gasteiger partial charge in [0, 0.05) is 32.1 Å². The Balaban J connectivity index is 2.40. The number of rotatable bonds is 6. The molecule has 2 N–H and O–H groups in total. The number of amides is 1. The van der Waals surface area contributed by atoms with Crippen LogP contribution in [0.4, 0.5) is 0 Å². The van der Waals surface area contributed by atoms with E-state index in [9.17, 15) is 13.2 Å². The maximum absolute atomic E-state index is 12.0. The second-order valence-corrected chi connectivity index (χ2v) is 6.87. The van der Waals surface area contributed by atoms with Gasteiger partial charge in [-0.1, -0.05) is 13.8 Å². The van der Waals surface area contributed by atoms with Gasteiger partial charge in [-0.05, 0) is 13.0 Å². The molecule has 1 aliphatic heterocycles. The zero-order chi connectivity index (χ0) is 13.6. The predicted molar refractivity (Wildman–Crippen MR) is 70.7 cm³/mol. The molecule has 1 amide bonds. The van der Waals surface area contributed by atoms with Gasteiger partial charge >= 0.3 is 0 Å². The van der Waals surface area contributed by atoms with Gasteiger partial charge in [0.05, 0.1) is 5.75 Å². The molecule has 0 spiro atoms. The van der Waals surface area contributed by atoms with Crippen LogP contribution in [-0.2, 0) is 14.8 Å². The zero-order valence-corrected chi connectivity index (χ0v) is 11.9. The lowest BCUT2D eigenvalue weighted by Crippen LogP contribution is -2.36. The van der Waals surface area contributed by atoms with Crippen LogP contribution >= 0.6 is 0 Å². The van der Waals surface area contributed by atoms with E-state index in [0.717, 1.165) is 0 Å². The van der Waals surface area contributed by atoms with Crippen molar-refractivity contribution in [3.8, 4) is 0 Å². The van der Waals surface area contributed by atoms with Gasteiger partial charge < -0.3 is 10.6 Å². The van der Waals surface area contributed by atoms with E-state index in [0.29, 0.717) is 38.6 Å². The smallest absolute Gasteiger partial charge is 0.221 e. The molecule has 1 rings (SSSR count). The monoisotopic (exact) mass is 277 g/mol. The summed E-state index contributed by atoms with van der Waals surface area (Å²) in [5.41, 5.74) is 0. The summed E-state index contributed by atoms with van der Waals surface area (Å²) in [6, 6.07) is 0.368. The molecule has 1 heterocycles. The van der Waals surface area contributed by atoms with Crippen molar-refractivity contribution in [2.24, 2.45) is 0 Å². The van der Waals surface area contributed by atoms with E-state index in [1.54, 1.807) is 0 Å². The summed E-state index contributed by atoms with van der Waals surface area (Å²) in [6.07, 6.45) is 0.849. The van der Waals surface area contributed by atoms with E-state index in [1.165, 1.54) is 4.31 Å². The van der Waals surface area contributed by atoms with Gasteiger partial charge in [-0.2, -0.15) is 4.31 Å². The summed E-state index contributed by atoms with van der Waals surface area (Å²) < 4.78 is 25.5. The van der Waals surface area contributed by atoms with Crippen molar-refractivity contribution in [2.75, 3.05) is 31.9 Å². The minimum absolute atomic E-state index is 0.0748. The van der Waals surface area contributed by atoms with Gasteiger partial charge in [0.15, 0.2) is 0 Å². The van der Waals surface area contributed by atoms with E-state index in [2.05, 4.69) is 10.6 Å². The first kappa shape index (κ1) is 15.4. The molecule has 1 saturated heterocycles. The Morgan fingerprint density at radius 1 is 1.39 bits per heavy atom. The van der Waals surface area contributed by atoms with Crippen LogP contribution in [0.1, 0.15) is 26.7 Å². The summed E-state index contributed by atoms with van der Waals surface area (Å²) in [6.45, 7) is 5.84. The molecule has 1 aliphatic rings. The van der Waals surface area contributed by atoms with Gasteiger partial charge in [0.1, 0.15) is 0 Å². The average molecular weight is 277 g/mol. The van der Waals surface area contributed by atoms with E-state index < -0.39 is 10.0 Å². The summed E-state index contributed by atoms with van der Waals surface area (Å²) >= 11 is 0. The Bertz CT molecular complexity index is 368. The molecule has 0 atom stereocenters. The summed E-state index contributed by atoms with van der Waals surface area (Å²) in [5, 5.41) is 5.86. The number of carbonyl (C=O) groups is 1. The Kier molecular flexibility index (Phi) is 6.04. The Labute approximate surface area is 109 Å². The van der Waals surface area contributed by atoms with Crippen LogP contribution < -0.4 is 10.6 Å². The van der Waals surface area contributed by atoms with Crippen LogP contribution in [-0.4, -0.2) is 56.6 Å². The average Bonchev–Trinajstić information content (AvgIpc) is 2.49. The lowest BCUT2D eigenvalue weighted by atomic mass is 10.4. The standard InChI is InChI=1S/C11H23N3O3S/c1-10(2)12-5-3-9-18(16,17)14-7-4-11(15)13-6-8-14/h10,12H,3-9H2,1-2H3,(H,13,15). The molecule has 0 aromatic heterocycles. The van der Waals surface area contributed by atoms with Gasteiger partial charge in [0.25, 0.3) is 0 Å². The number of nitrogens with zero attached hydrogens (tertiary/aromatic N) is 1. The number of sulfonamides is 1. The quantitative estimate of drug-likeness (QED) is 0.643. The van der Waals surface area contributed by atoms with Crippen molar-refractivity contribution in [2.45, 2.75) is 32.7 Å². The van der Waals surface area contributed by atoms with Gasteiger partial charge in [-0.15, -0.1) is 0 Å². The third kappa shape index (κ3) is 5.32. The molecule has 0 aromatic rings. The molecule has 0 saturated carbocycles. The van der Waals surface area contributed by atoms with Gasteiger partial charge in [-0.3, -0.25) is 4.79 Å². The molecule has 7 heteroatoms. The van der Waals surface area contributed by atoms with Crippen LogP contribution in [0.5, 0.6) is 0 Å². The highest BCUT2D eigenvalue weighted by Gasteiger charge is 2.24. The highest BCUT2D eigenvalue weighted by Crippen LogP contribution is 2.06. The normalized spacial score (nSPS) is 18.7. The van der Waals surface area contributed by atoms with E-state index in [-0.39, 0.29) is 18.1 Å². The first-order valence-corrected chi connectivity index (χ1v) is 8.00. The maximum Gasteiger partial charge on any atom is 0.221 e. The van der Waals surface area contributed by atoms with Crippen LogP contribution in [0, 0.1) is 0 Å². The fraction of sp³-hybridized carbons (Fsp3) is 0.909. The van der Waals surface area contributed by atoms with Crippen molar-refractivity contribution < 1.29 is 13.2 Å². The first-order chi connectivity index (χ1) is 8.42. The molecule has 0 unspecified atom stereocenters. The topological polar surface area (TPSA) is 78.5 Å². The lowest BCUT2D eigenvalue weighted by molar-refractivity contribution is -0.120. The number of hydrogen-bond donors (Lipinski definition) is 2. The lowest BCUT2D eigenvalue weighted by Gasteiger charge is -2.19. The van der Waals surface area contributed by atoms with Crippen molar-refractivity contribution in [3.05, 3.63) is 0 Å². The van der Waals surface area contributed by atoms with Crippen molar-refractivity contribution in [1.82, 2.24) is 14.9 Å². The predicted octanol–water partition coefficient (Wildman–Crippen LogP) is -0.474. The van der Waals surface area contributed by atoms with Crippen molar-refractivity contribution in [1.29, 1.82) is 0 Å². The molecule has 0 aliphatic carbocycles. The van der Waals surface area contributed by atoms with E-state index in [1.807, 2.05) is 13.8 Å². The number of nitrogens with one attached hydrogen (secondary N) is 2. The fourth-order valence-electron chi connectivity index (χ4n) is 1.80. The molecule has 106 valence electrons. The SMILES string of the molecule is CC(C)NCCCS(=O)(=O)N1CCNC(=O)CC1. The van der Waals surface area contributed by atoms with Crippen molar-refractivity contribution in [3.63, 3.8) is 0 Å². The second kappa shape index (κ2) is 7.06. The third-order valence-electron chi connectivity index (χ3n) is 2.80. The minimum Gasteiger partial charge on any atom is -0.355 e. The maximum atomic E-state index is 12.0. The number of carbonyl (C=O) groups excluding carboxylic acids is 1. The molecular weight excluding hydrogens is 254 g/mol. The van der Waals surface area contributed by atoms with E-state index >= 15 is 0 Å². The van der Waals surface area contributed by atoms with Crippen molar-refractivity contribution >= 4 is 15.9 Å². The molecular formula is C11H23N3O3S. The third-order valence-corrected chi connectivity index (χ3v) is 4.75. The highest BCUT2D eigenvalue weighted by molar-refractivity contribution is 7.89. The van der Waals surface area contributed by atoms with Crippen LogP contribution in [0.15, 0.2) is 0 Å². The van der Waals surface area contributed by atoms with Crippen LogP contribution in [0.3, 0.4) is 0 Å². The van der Waals surface area contributed by atoms with Crippen LogP contribution in [0.2, 0.25) is 0 Å². The van der Waals surface area contributed by atoms with E-state index in [4.69, 9.17) is 0 Å². The summed E-state index contributed by atoms with van der Waals surface area (Å²) in [5.74, 6) is 0.0650. The Hall–Kier alpha value is -0.660. The molecule has 0 radical (unpaired) electrons. The molecule has 6 nitrogen and oxygen atoms in total.